The van der Waals surface area contributed by atoms with Crippen LogP contribution in [0.25, 0.3) is 0 Å². The summed E-state index contributed by atoms with van der Waals surface area (Å²) in [6.45, 7) is 12.2. The van der Waals surface area contributed by atoms with Gasteiger partial charge in [-0.3, -0.25) is 0 Å². The van der Waals surface area contributed by atoms with Gasteiger partial charge in [0, 0.05) is 36.6 Å². The van der Waals surface area contributed by atoms with Gasteiger partial charge >= 0.3 is 0 Å². The highest BCUT2D eigenvalue weighted by atomic mass is 16.5. The molecule has 2 aliphatic carbocycles. The Bertz CT molecular complexity index is 318. The minimum atomic E-state index is 0.250. The summed E-state index contributed by atoms with van der Waals surface area (Å²) in [4.78, 5) is 0. The van der Waals surface area contributed by atoms with Crippen LogP contribution in [0.15, 0.2) is 0 Å². The van der Waals surface area contributed by atoms with Gasteiger partial charge in [0.05, 0.1) is 12.2 Å². The van der Waals surface area contributed by atoms with E-state index < -0.39 is 0 Å². The average molecular weight is 269 g/mol. The average Bonchev–Trinajstić information content (AvgIpc) is 2.39. The maximum Gasteiger partial charge on any atom is 0.0658 e. The molecule has 2 fully saturated rings. The lowest BCUT2D eigenvalue weighted by Gasteiger charge is -2.59. The Morgan fingerprint density at radius 1 is 1.05 bits per heavy atom. The highest BCUT2D eigenvalue weighted by Crippen LogP contribution is 2.49. The number of nitrogens with one attached hydrogen (secondary N) is 1. The molecule has 0 aromatic carbocycles. The van der Waals surface area contributed by atoms with Crippen molar-refractivity contribution >= 4 is 0 Å². The molecule has 2 rings (SSSR count). The minimum Gasteiger partial charge on any atom is -0.381 e. The molecule has 5 unspecified atom stereocenters. The van der Waals surface area contributed by atoms with Crippen LogP contribution in [0.5, 0.6) is 0 Å². The van der Waals surface area contributed by atoms with E-state index in [1.807, 2.05) is 7.11 Å². The highest BCUT2D eigenvalue weighted by molar-refractivity contribution is 5.10. The lowest BCUT2D eigenvalue weighted by Crippen LogP contribution is -2.70. The highest BCUT2D eigenvalue weighted by Gasteiger charge is 2.55. The summed E-state index contributed by atoms with van der Waals surface area (Å²) in [5.74, 6) is 0. The second-order valence-corrected chi connectivity index (χ2v) is 7.09. The molecule has 0 heterocycles. The molecule has 3 heteroatoms. The smallest absolute Gasteiger partial charge is 0.0658 e. The molecule has 112 valence electrons. The van der Waals surface area contributed by atoms with Gasteiger partial charge in [-0.2, -0.15) is 0 Å². The summed E-state index contributed by atoms with van der Waals surface area (Å²) in [5.41, 5.74) is 0.546. The fourth-order valence-corrected chi connectivity index (χ4v) is 3.82. The van der Waals surface area contributed by atoms with Crippen molar-refractivity contribution in [1.82, 2.24) is 5.32 Å². The van der Waals surface area contributed by atoms with Gasteiger partial charge in [0.2, 0.25) is 0 Å². The Balaban J connectivity index is 1.91. The summed E-state index contributed by atoms with van der Waals surface area (Å²) in [5, 5.41) is 3.88. The van der Waals surface area contributed by atoms with Gasteiger partial charge in [-0.05, 0) is 26.2 Å². The van der Waals surface area contributed by atoms with Crippen molar-refractivity contribution in [2.24, 2.45) is 10.8 Å². The number of hydrogen-bond acceptors (Lipinski definition) is 3. The first kappa shape index (κ1) is 15.3. The van der Waals surface area contributed by atoms with Crippen molar-refractivity contribution in [3.8, 4) is 0 Å². The molecule has 0 amide bonds. The number of ether oxygens (including phenoxy) is 2. The van der Waals surface area contributed by atoms with Gasteiger partial charge in [-0.15, -0.1) is 0 Å². The molecule has 2 saturated carbocycles. The Labute approximate surface area is 118 Å². The number of hydrogen-bond donors (Lipinski definition) is 1. The van der Waals surface area contributed by atoms with Crippen LogP contribution in [0.4, 0.5) is 0 Å². The first-order valence-corrected chi connectivity index (χ1v) is 7.80. The lowest BCUT2D eigenvalue weighted by molar-refractivity contribution is -0.153. The number of methoxy groups -OCH3 is 1. The van der Waals surface area contributed by atoms with Gasteiger partial charge in [0.25, 0.3) is 0 Å². The molecule has 0 radical (unpaired) electrons. The third kappa shape index (κ3) is 2.34. The van der Waals surface area contributed by atoms with E-state index in [4.69, 9.17) is 9.47 Å². The van der Waals surface area contributed by atoms with Crippen LogP contribution in [0, 0.1) is 10.8 Å². The third-order valence-corrected chi connectivity index (χ3v) is 5.98. The van der Waals surface area contributed by atoms with Gasteiger partial charge in [0.15, 0.2) is 0 Å². The second kappa shape index (κ2) is 5.34. The van der Waals surface area contributed by atoms with Crippen LogP contribution < -0.4 is 5.32 Å². The molecule has 19 heavy (non-hydrogen) atoms. The fourth-order valence-electron chi connectivity index (χ4n) is 3.82. The van der Waals surface area contributed by atoms with Crippen molar-refractivity contribution < 1.29 is 9.47 Å². The number of rotatable bonds is 6. The topological polar surface area (TPSA) is 30.5 Å². The first-order valence-electron chi connectivity index (χ1n) is 7.80. The summed E-state index contributed by atoms with van der Waals surface area (Å²) in [6, 6.07) is 1.17. The molecule has 5 atom stereocenters. The molecule has 0 bridgehead atoms. The standard InChI is InChI=1S/C16H31NO2/c1-7-16(5)12(10-14(16)19-8-2)17-11-9-13(18-6)15(11,3)4/h11-14,17H,7-10H2,1-6H3. The zero-order valence-corrected chi connectivity index (χ0v) is 13.5. The summed E-state index contributed by atoms with van der Waals surface area (Å²) >= 11 is 0. The first-order chi connectivity index (χ1) is 8.90. The zero-order chi connectivity index (χ0) is 14.3. The predicted octanol–water partition coefficient (Wildman–Crippen LogP) is 2.98. The van der Waals surface area contributed by atoms with Crippen molar-refractivity contribution in [3.63, 3.8) is 0 Å². The van der Waals surface area contributed by atoms with E-state index in [0.29, 0.717) is 29.7 Å². The van der Waals surface area contributed by atoms with Crippen LogP contribution in [-0.2, 0) is 9.47 Å². The molecule has 0 aromatic heterocycles. The second-order valence-electron chi connectivity index (χ2n) is 7.09. The van der Waals surface area contributed by atoms with E-state index in [-0.39, 0.29) is 5.41 Å². The minimum absolute atomic E-state index is 0.250. The van der Waals surface area contributed by atoms with E-state index in [0.717, 1.165) is 19.4 Å². The third-order valence-electron chi connectivity index (χ3n) is 5.98. The van der Waals surface area contributed by atoms with Crippen LogP contribution in [0.3, 0.4) is 0 Å². The Hall–Kier alpha value is -0.120. The molecular formula is C16H31NO2. The van der Waals surface area contributed by atoms with Crippen molar-refractivity contribution in [2.45, 2.75) is 78.2 Å². The quantitative estimate of drug-likeness (QED) is 0.804. The Morgan fingerprint density at radius 2 is 1.68 bits per heavy atom. The van der Waals surface area contributed by atoms with E-state index in [9.17, 15) is 0 Å². The van der Waals surface area contributed by atoms with Crippen LogP contribution in [-0.4, -0.2) is 38.0 Å². The van der Waals surface area contributed by atoms with E-state index in [1.165, 1.54) is 6.42 Å². The molecule has 1 N–H and O–H groups in total. The van der Waals surface area contributed by atoms with Crippen molar-refractivity contribution in [1.29, 1.82) is 0 Å². The summed E-state index contributed by atoms with van der Waals surface area (Å²) < 4.78 is 11.4. The van der Waals surface area contributed by atoms with Gasteiger partial charge in [0.1, 0.15) is 0 Å². The van der Waals surface area contributed by atoms with Gasteiger partial charge < -0.3 is 14.8 Å². The molecule has 0 aliphatic heterocycles. The van der Waals surface area contributed by atoms with Gasteiger partial charge in [-0.1, -0.05) is 27.7 Å². The van der Waals surface area contributed by atoms with E-state index >= 15 is 0 Å². The normalized spacial score (nSPS) is 44.5. The summed E-state index contributed by atoms with van der Waals surface area (Å²) in [7, 11) is 1.83. The SMILES string of the molecule is CCOC1CC(NC2CC(OC)C2(C)C)C1(C)CC. The van der Waals surface area contributed by atoms with E-state index in [2.05, 4.69) is 39.9 Å². The monoisotopic (exact) mass is 269 g/mol. The van der Waals surface area contributed by atoms with Crippen molar-refractivity contribution in [3.05, 3.63) is 0 Å². The van der Waals surface area contributed by atoms with E-state index in [1.54, 1.807) is 0 Å². The van der Waals surface area contributed by atoms with Gasteiger partial charge in [-0.25, -0.2) is 0 Å². The van der Waals surface area contributed by atoms with Crippen LogP contribution >= 0.6 is 0 Å². The summed E-state index contributed by atoms with van der Waals surface area (Å²) in [6.07, 6.45) is 4.31. The Morgan fingerprint density at radius 3 is 2.16 bits per heavy atom. The molecule has 2 aliphatic rings. The maximum atomic E-state index is 5.88. The Kier molecular flexibility index (Phi) is 4.29. The van der Waals surface area contributed by atoms with Crippen LogP contribution in [0.1, 0.15) is 53.9 Å². The lowest BCUT2D eigenvalue weighted by atomic mass is 9.58. The fraction of sp³-hybridized carbons (Fsp3) is 1.00. The predicted molar refractivity (Wildman–Crippen MR) is 78.3 cm³/mol. The maximum absolute atomic E-state index is 5.88. The zero-order valence-electron chi connectivity index (χ0n) is 13.5. The largest absolute Gasteiger partial charge is 0.381 e. The molecular weight excluding hydrogens is 238 g/mol. The van der Waals surface area contributed by atoms with Crippen LogP contribution in [0.2, 0.25) is 0 Å². The van der Waals surface area contributed by atoms with Crippen molar-refractivity contribution in [2.75, 3.05) is 13.7 Å². The molecule has 3 nitrogen and oxygen atoms in total. The molecule has 0 spiro atoms. The molecule has 0 saturated heterocycles. The molecule has 0 aromatic rings.